The highest BCUT2D eigenvalue weighted by Gasteiger charge is 2.52. The number of aliphatic hydroxyl groups is 1. The lowest BCUT2D eigenvalue weighted by Crippen LogP contribution is -2.44. The summed E-state index contributed by atoms with van der Waals surface area (Å²) in [6.07, 6.45) is 8.26. The highest BCUT2D eigenvalue weighted by Crippen LogP contribution is 2.59. The smallest absolute Gasteiger partial charge is 0.160 e. The Labute approximate surface area is 131 Å². The highest BCUT2D eigenvalue weighted by molar-refractivity contribution is 5.49. The average molecular weight is 300 g/mol. The minimum absolute atomic E-state index is 0.0136. The fourth-order valence-corrected chi connectivity index (χ4v) is 5.18. The molecule has 22 heavy (non-hydrogen) atoms. The maximum atomic E-state index is 10.3. The molecule has 0 spiro atoms. The van der Waals surface area contributed by atoms with Crippen LogP contribution in [0.4, 0.5) is 0 Å². The number of ether oxygens (including phenoxy) is 1. The van der Waals surface area contributed by atoms with Crippen molar-refractivity contribution in [2.45, 2.75) is 44.6 Å². The summed E-state index contributed by atoms with van der Waals surface area (Å²) in [5.41, 5.74) is 2.63. The quantitative estimate of drug-likeness (QED) is 0.782. The van der Waals surface area contributed by atoms with Crippen LogP contribution in [0.5, 0.6) is 11.5 Å². The van der Waals surface area contributed by atoms with Gasteiger partial charge >= 0.3 is 0 Å². The van der Waals surface area contributed by atoms with Crippen molar-refractivity contribution in [1.82, 2.24) is 0 Å². The maximum absolute atomic E-state index is 10.3. The van der Waals surface area contributed by atoms with Gasteiger partial charge in [-0.3, -0.25) is 0 Å². The number of methoxy groups -OCH3 is 1. The summed E-state index contributed by atoms with van der Waals surface area (Å²) in [7, 11) is 1.61. The van der Waals surface area contributed by atoms with E-state index in [1.54, 1.807) is 7.11 Å². The average Bonchev–Trinajstić information content (AvgIpc) is 2.82. The zero-order chi connectivity index (χ0) is 15.5. The SMILES string of the molecule is COc1cc2c(cc1O)CC[C@@H]1[C@@H]2CC[C@]2(C)[C@@H](O)C=C[C@@H]12. The number of hydrogen-bond acceptors (Lipinski definition) is 3. The number of fused-ring (bicyclic) bond motifs is 5. The molecule has 0 bridgehead atoms. The van der Waals surface area contributed by atoms with Crippen LogP contribution in [-0.4, -0.2) is 23.4 Å². The summed E-state index contributed by atoms with van der Waals surface area (Å²) in [6.45, 7) is 2.24. The number of phenols is 1. The van der Waals surface area contributed by atoms with Gasteiger partial charge in [0.25, 0.3) is 0 Å². The van der Waals surface area contributed by atoms with E-state index < -0.39 is 0 Å². The van der Waals surface area contributed by atoms with Gasteiger partial charge in [0.1, 0.15) is 0 Å². The van der Waals surface area contributed by atoms with Gasteiger partial charge in [0, 0.05) is 5.41 Å². The predicted octanol–water partition coefficient (Wildman–Crippen LogP) is 3.39. The number of allylic oxidation sites excluding steroid dienone is 1. The van der Waals surface area contributed by atoms with Crippen LogP contribution < -0.4 is 4.74 Å². The number of aryl methyl sites for hydroxylation is 1. The van der Waals surface area contributed by atoms with Crippen LogP contribution in [0.25, 0.3) is 0 Å². The molecule has 2 N–H and O–H groups in total. The number of aliphatic hydroxyl groups excluding tert-OH is 1. The van der Waals surface area contributed by atoms with E-state index in [9.17, 15) is 10.2 Å². The van der Waals surface area contributed by atoms with Crippen LogP contribution in [0.1, 0.15) is 43.2 Å². The lowest BCUT2D eigenvalue weighted by atomic mass is 9.55. The summed E-state index contributed by atoms with van der Waals surface area (Å²) < 4.78 is 5.31. The monoisotopic (exact) mass is 300 g/mol. The highest BCUT2D eigenvalue weighted by atomic mass is 16.5. The Morgan fingerprint density at radius 2 is 2.05 bits per heavy atom. The Balaban J connectivity index is 1.74. The van der Waals surface area contributed by atoms with Crippen molar-refractivity contribution >= 4 is 0 Å². The second-order valence-electron chi connectivity index (χ2n) is 7.43. The van der Waals surface area contributed by atoms with Crippen LogP contribution in [-0.2, 0) is 6.42 Å². The number of aromatic hydroxyl groups is 1. The molecule has 0 saturated heterocycles. The Bertz CT molecular complexity index is 636. The molecular weight excluding hydrogens is 276 g/mol. The topological polar surface area (TPSA) is 49.7 Å². The third-order valence-corrected chi connectivity index (χ3v) is 6.50. The maximum Gasteiger partial charge on any atom is 0.160 e. The zero-order valence-electron chi connectivity index (χ0n) is 13.2. The van der Waals surface area contributed by atoms with Gasteiger partial charge in [0.15, 0.2) is 11.5 Å². The van der Waals surface area contributed by atoms with Gasteiger partial charge < -0.3 is 14.9 Å². The lowest BCUT2D eigenvalue weighted by molar-refractivity contribution is -0.0101. The molecule has 1 fully saturated rings. The molecule has 5 atom stereocenters. The molecule has 0 aromatic heterocycles. The first-order chi connectivity index (χ1) is 10.5. The van der Waals surface area contributed by atoms with Gasteiger partial charge in [-0.2, -0.15) is 0 Å². The molecule has 0 amide bonds. The second kappa shape index (κ2) is 4.76. The van der Waals surface area contributed by atoms with Crippen molar-refractivity contribution in [3.8, 4) is 11.5 Å². The largest absolute Gasteiger partial charge is 0.504 e. The molecule has 118 valence electrons. The van der Waals surface area contributed by atoms with Gasteiger partial charge in [-0.15, -0.1) is 0 Å². The fourth-order valence-electron chi connectivity index (χ4n) is 5.18. The van der Waals surface area contributed by atoms with Gasteiger partial charge in [-0.05, 0) is 66.7 Å². The first-order valence-electron chi connectivity index (χ1n) is 8.31. The van der Waals surface area contributed by atoms with Crippen molar-refractivity contribution in [1.29, 1.82) is 0 Å². The van der Waals surface area contributed by atoms with Crippen molar-refractivity contribution in [3.05, 3.63) is 35.4 Å². The minimum Gasteiger partial charge on any atom is -0.504 e. The van der Waals surface area contributed by atoms with E-state index in [2.05, 4.69) is 13.0 Å². The number of rotatable bonds is 1. The summed E-state index contributed by atoms with van der Waals surface area (Å²) >= 11 is 0. The Morgan fingerprint density at radius 3 is 2.82 bits per heavy atom. The second-order valence-corrected chi connectivity index (χ2v) is 7.43. The molecule has 0 radical (unpaired) electrons. The molecule has 3 heteroatoms. The van der Waals surface area contributed by atoms with E-state index in [4.69, 9.17) is 4.74 Å². The van der Waals surface area contributed by atoms with E-state index in [1.165, 1.54) is 11.1 Å². The molecule has 0 heterocycles. The van der Waals surface area contributed by atoms with Gasteiger partial charge in [-0.25, -0.2) is 0 Å². The Hall–Kier alpha value is -1.48. The summed E-state index contributed by atoms with van der Waals surface area (Å²) in [6, 6.07) is 3.93. The predicted molar refractivity (Wildman–Crippen MR) is 85.2 cm³/mol. The number of phenolic OH excluding ortho intramolecular Hbond substituents is 1. The molecule has 3 nitrogen and oxygen atoms in total. The van der Waals surface area contributed by atoms with E-state index >= 15 is 0 Å². The lowest BCUT2D eigenvalue weighted by Gasteiger charge is -2.50. The van der Waals surface area contributed by atoms with Crippen LogP contribution in [0.15, 0.2) is 24.3 Å². The molecule has 1 saturated carbocycles. The van der Waals surface area contributed by atoms with E-state index in [-0.39, 0.29) is 17.3 Å². The first kappa shape index (κ1) is 14.1. The van der Waals surface area contributed by atoms with Gasteiger partial charge in [0.05, 0.1) is 13.2 Å². The van der Waals surface area contributed by atoms with Gasteiger partial charge in [0.2, 0.25) is 0 Å². The van der Waals surface area contributed by atoms with Crippen LogP contribution in [0, 0.1) is 17.3 Å². The van der Waals surface area contributed by atoms with Crippen molar-refractivity contribution in [3.63, 3.8) is 0 Å². The standard InChI is InChI=1S/C19H24O3/c1-19-8-7-12-13(15(19)5-6-18(19)21)4-3-11-9-16(20)17(22-2)10-14(11)12/h5-6,9-10,12-13,15,18,20-21H,3-4,7-8H2,1-2H3/t12-,13+,15-,18-,19-/m0/s1. The summed E-state index contributed by atoms with van der Waals surface area (Å²) in [5, 5.41) is 20.4. The van der Waals surface area contributed by atoms with Crippen LogP contribution >= 0.6 is 0 Å². The zero-order valence-corrected chi connectivity index (χ0v) is 13.2. The summed E-state index contributed by atoms with van der Waals surface area (Å²) in [5.74, 6) is 2.40. The fraction of sp³-hybridized carbons (Fsp3) is 0.579. The molecule has 1 aromatic carbocycles. The Kier molecular flexibility index (Phi) is 3.06. The molecule has 3 aliphatic carbocycles. The molecule has 0 unspecified atom stereocenters. The number of hydrogen-bond donors (Lipinski definition) is 2. The molecule has 3 aliphatic rings. The van der Waals surface area contributed by atoms with Crippen molar-refractivity contribution in [2.24, 2.45) is 17.3 Å². The van der Waals surface area contributed by atoms with Crippen molar-refractivity contribution < 1.29 is 14.9 Å². The van der Waals surface area contributed by atoms with Gasteiger partial charge in [-0.1, -0.05) is 19.1 Å². The van der Waals surface area contributed by atoms with E-state index in [1.807, 2.05) is 18.2 Å². The molecule has 1 aromatic rings. The van der Waals surface area contributed by atoms with Crippen LogP contribution in [0.2, 0.25) is 0 Å². The summed E-state index contributed by atoms with van der Waals surface area (Å²) in [4.78, 5) is 0. The molecular formula is C19H24O3. The minimum atomic E-state index is -0.297. The first-order valence-corrected chi connectivity index (χ1v) is 8.31. The van der Waals surface area contributed by atoms with Crippen LogP contribution in [0.3, 0.4) is 0 Å². The molecule has 4 rings (SSSR count). The molecule has 0 aliphatic heterocycles. The Morgan fingerprint density at radius 1 is 1.23 bits per heavy atom. The number of benzene rings is 1. The van der Waals surface area contributed by atoms with Crippen molar-refractivity contribution in [2.75, 3.05) is 7.11 Å². The van der Waals surface area contributed by atoms with E-state index in [0.29, 0.717) is 23.5 Å². The third-order valence-electron chi connectivity index (χ3n) is 6.50. The van der Waals surface area contributed by atoms with E-state index in [0.717, 1.165) is 25.7 Å². The third kappa shape index (κ3) is 1.78. The normalized spacial score (nSPS) is 39.0.